The van der Waals surface area contributed by atoms with Gasteiger partial charge in [0.05, 0.1) is 11.4 Å². The van der Waals surface area contributed by atoms with Gasteiger partial charge in [-0.25, -0.2) is 4.79 Å². The summed E-state index contributed by atoms with van der Waals surface area (Å²) in [5, 5.41) is 5.80. The summed E-state index contributed by atoms with van der Waals surface area (Å²) < 4.78 is 0. The molecule has 5 rings (SSSR count). The molecule has 1 aliphatic carbocycles. The molecular weight excluding hydrogens is 462 g/mol. The predicted octanol–water partition coefficient (Wildman–Crippen LogP) is 5.95. The first kappa shape index (κ1) is 25.3. The molecule has 0 bridgehead atoms. The van der Waals surface area contributed by atoms with Gasteiger partial charge in [-0.05, 0) is 68.9 Å². The topological polar surface area (TPSA) is 77.0 Å². The third-order valence-electron chi connectivity index (χ3n) is 7.79. The molecule has 2 fully saturated rings. The maximum Gasteiger partial charge on any atom is 0.321 e. The van der Waals surface area contributed by atoms with Gasteiger partial charge in [-0.1, -0.05) is 44.4 Å². The normalized spacial score (nSPS) is 20.6. The zero-order valence-electron chi connectivity index (χ0n) is 21.9. The molecule has 3 aliphatic rings. The third kappa shape index (κ3) is 5.81. The number of carbonyl (C=O) groups excluding carboxylic acids is 2. The number of hydrogen-bond acceptors (Lipinski definition) is 4. The number of para-hydroxylation sites is 1. The second-order valence-electron chi connectivity index (χ2n) is 10.5. The second-order valence-corrected chi connectivity index (χ2v) is 10.5. The SMILES string of the molecule is CCCN1C(=O)C(NC(=O)Nc2ccc(N3CCCCC3)cc2)N=C(C2CCCCC2)c2ccccc21. The first-order valence-corrected chi connectivity index (χ1v) is 14.0. The van der Waals surface area contributed by atoms with E-state index in [0.717, 1.165) is 49.3 Å². The van der Waals surface area contributed by atoms with Gasteiger partial charge in [0.15, 0.2) is 0 Å². The van der Waals surface area contributed by atoms with Gasteiger partial charge < -0.3 is 20.4 Å². The van der Waals surface area contributed by atoms with Crippen LogP contribution in [0.4, 0.5) is 21.9 Å². The van der Waals surface area contributed by atoms with E-state index in [1.54, 1.807) is 4.90 Å². The van der Waals surface area contributed by atoms with Gasteiger partial charge in [-0.2, -0.15) is 0 Å². The molecule has 1 saturated carbocycles. The number of amides is 3. The van der Waals surface area contributed by atoms with Gasteiger partial charge >= 0.3 is 6.03 Å². The fourth-order valence-electron chi connectivity index (χ4n) is 5.90. The van der Waals surface area contributed by atoms with Crippen molar-refractivity contribution in [3.63, 3.8) is 0 Å². The van der Waals surface area contributed by atoms with Crippen molar-refractivity contribution in [1.29, 1.82) is 0 Å². The lowest BCUT2D eigenvalue weighted by atomic mass is 9.83. The van der Waals surface area contributed by atoms with Crippen LogP contribution in [-0.4, -0.2) is 43.5 Å². The van der Waals surface area contributed by atoms with Crippen LogP contribution in [0.1, 0.15) is 70.3 Å². The largest absolute Gasteiger partial charge is 0.372 e. The average Bonchev–Trinajstić information content (AvgIpc) is 3.05. The molecule has 1 saturated heterocycles. The Kier molecular flexibility index (Phi) is 8.07. The van der Waals surface area contributed by atoms with Crippen molar-refractivity contribution in [3.05, 3.63) is 54.1 Å². The zero-order chi connectivity index (χ0) is 25.6. The van der Waals surface area contributed by atoms with Gasteiger partial charge in [0.25, 0.3) is 5.91 Å². The summed E-state index contributed by atoms with van der Waals surface area (Å²) in [4.78, 5) is 35.9. The van der Waals surface area contributed by atoms with Crippen LogP contribution in [0.3, 0.4) is 0 Å². The summed E-state index contributed by atoms with van der Waals surface area (Å²) >= 11 is 0. The molecule has 37 heavy (non-hydrogen) atoms. The van der Waals surface area contributed by atoms with Gasteiger partial charge in [-0.15, -0.1) is 0 Å². The van der Waals surface area contributed by atoms with E-state index < -0.39 is 12.2 Å². The van der Waals surface area contributed by atoms with Gasteiger partial charge in [0.1, 0.15) is 0 Å². The minimum atomic E-state index is -0.955. The van der Waals surface area contributed by atoms with Crippen molar-refractivity contribution < 1.29 is 9.59 Å². The van der Waals surface area contributed by atoms with Crippen LogP contribution in [0.2, 0.25) is 0 Å². The second kappa shape index (κ2) is 11.8. The van der Waals surface area contributed by atoms with Crippen LogP contribution in [0.5, 0.6) is 0 Å². The van der Waals surface area contributed by atoms with E-state index in [4.69, 9.17) is 4.99 Å². The number of fused-ring (bicyclic) bond motifs is 1. The Morgan fingerprint density at radius 3 is 2.38 bits per heavy atom. The Bertz CT molecular complexity index is 1120. The number of nitrogens with zero attached hydrogens (tertiary/aromatic N) is 3. The maximum atomic E-state index is 13.7. The van der Waals surface area contributed by atoms with Gasteiger partial charge in [0.2, 0.25) is 6.17 Å². The predicted molar refractivity (Wildman–Crippen MR) is 151 cm³/mol. The average molecular weight is 502 g/mol. The van der Waals surface area contributed by atoms with Crippen LogP contribution in [0.15, 0.2) is 53.5 Å². The molecule has 3 amide bonds. The Hall–Kier alpha value is -3.35. The Morgan fingerprint density at radius 2 is 1.65 bits per heavy atom. The van der Waals surface area contributed by atoms with Gasteiger partial charge in [0, 0.05) is 42.5 Å². The maximum absolute atomic E-state index is 13.7. The molecule has 1 atom stereocenters. The molecule has 2 aliphatic heterocycles. The molecule has 2 N–H and O–H groups in total. The molecule has 7 nitrogen and oxygen atoms in total. The number of benzodiazepines with no additional fused rings is 1. The van der Waals surface area contributed by atoms with E-state index in [1.807, 2.05) is 30.3 Å². The van der Waals surface area contributed by atoms with E-state index in [0.29, 0.717) is 18.2 Å². The fourth-order valence-corrected chi connectivity index (χ4v) is 5.90. The summed E-state index contributed by atoms with van der Waals surface area (Å²) in [7, 11) is 0. The summed E-state index contributed by atoms with van der Waals surface area (Å²) in [5.41, 5.74) is 4.76. The monoisotopic (exact) mass is 501 g/mol. The number of nitrogens with one attached hydrogen (secondary N) is 2. The molecule has 196 valence electrons. The first-order chi connectivity index (χ1) is 18.1. The van der Waals surface area contributed by atoms with Crippen molar-refractivity contribution >= 4 is 34.7 Å². The zero-order valence-corrected chi connectivity index (χ0v) is 21.9. The highest BCUT2D eigenvalue weighted by molar-refractivity contribution is 6.14. The molecular formula is C30H39N5O2. The highest BCUT2D eigenvalue weighted by Crippen LogP contribution is 2.34. The molecule has 2 heterocycles. The van der Waals surface area contributed by atoms with Gasteiger partial charge in [-0.3, -0.25) is 9.79 Å². The summed E-state index contributed by atoms with van der Waals surface area (Å²) in [6.45, 7) is 4.80. The minimum absolute atomic E-state index is 0.185. The lowest BCUT2D eigenvalue weighted by Crippen LogP contribution is -2.48. The highest BCUT2D eigenvalue weighted by Gasteiger charge is 2.34. The van der Waals surface area contributed by atoms with E-state index >= 15 is 0 Å². The molecule has 2 aromatic rings. The number of rotatable bonds is 6. The van der Waals surface area contributed by atoms with E-state index in [-0.39, 0.29) is 5.91 Å². The highest BCUT2D eigenvalue weighted by atomic mass is 16.2. The van der Waals surface area contributed by atoms with Crippen molar-refractivity contribution in [1.82, 2.24) is 5.32 Å². The fraction of sp³-hybridized carbons (Fsp3) is 0.500. The van der Waals surface area contributed by atoms with Crippen LogP contribution in [0.25, 0.3) is 0 Å². The lowest BCUT2D eigenvalue weighted by molar-refractivity contribution is -0.120. The quantitative estimate of drug-likeness (QED) is 0.513. The van der Waals surface area contributed by atoms with Crippen molar-refractivity contribution in [3.8, 4) is 0 Å². The molecule has 0 aromatic heterocycles. The molecule has 1 unspecified atom stereocenters. The first-order valence-electron chi connectivity index (χ1n) is 14.0. The van der Waals surface area contributed by atoms with E-state index in [1.165, 1.54) is 44.2 Å². The Morgan fingerprint density at radius 1 is 0.946 bits per heavy atom. The molecule has 0 spiro atoms. The Balaban J connectivity index is 1.36. The van der Waals surface area contributed by atoms with E-state index in [2.05, 4.69) is 40.7 Å². The summed E-state index contributed by atoms with van der Waals surface area (Å²) in [6, 6.07) is 15.6. The number of hydrogen-bond donors (Lipinski definition) is 2. The van der Waals surface area contributed by atoms with Crippen molar-refractivity contribution in [2.24, 2.45) is 10.9 Å². The number of aliphatic imine (C=N–C) groups is 1. The smallest absolute Gasteiger partial charge is 0.321 e. The van der Waals surface area contributed by atoms with Crippen molar-refractivity contribution in [2.75, 3.05) is 34.8 Å². The van der Waals surface area contributed by atoms with Crippen LogP contribution in [-0.2, 0) is 4.79 Å². The molecule has 0 radical (unpaired) electrons. The molecule has 7 heteroatoms. The van der Waals surface area contributed by atoms with Crippen LogP contribution in [0, 0.1) is 5.92 Å². The summed E-state index contributed by atoms with van der Waals surface area (Å²) in [6.07, 6.45) is 9.32. The number of urea groups is 1. The molecule has 2 aromatic carbocycles. The number of carbonyl (C=O) groups is 2. The standard InChI is InChI=1S/C30H39N5O2/c1-2-19-35-26-14-8-7-13-25(26)27(22-11-5-3-6-12-22)32-28(29(35)36)33-30(37)31-23-15-17-24(18-16-23)34-20-9-4-10-21-34/h7-8,13-18,22,28H,2-6,9-12,19-21H2,1H3,(H2,31,33,37). The lowest BCUT2D eigenvalue weighted by Gasteiger charge is -2.28. The summed E-state index contributed by atoms with van der Waals surface area (Å²) in [5.74, 6) is 0.120. The van der Waals surface area contributed by atoms with E-state index in [9.17, 15) is 9.59 Å². The van der Waals surface area contributed by atoms with Crippen LogP contribution < -0.4 is 20.4 Å². The Labute approximate surface area is 220 Å². The number of anilines is 3. The van der Waals surface area contributed by atoms with Crippen LogP contribution >= 0.6 is 0 Å². The number of piperidine rings is 1. The minimum Gasteiger partial charge on any atom is -0.372 e. The number of benzene rings is 2. The third-order valence-corrected chi connectivity index (χ3v) is 7.79. The van der Waals surface area contributed by atoms with Crippen molar-refractivity contribution in [2.45, 2.75) is 70.9 Å².